The zero-order chi connectivity index (χ0) is 18.5. The summed E-state index contributed by atoms with van der Waals surface area (Å²) in [5, 5.41) is 6.68. The van der Waals surface area contributed by atoms with Gasteiger partial charge in [-0.2, -0.15) is 0 Å². The van der Waals surface area contributed by atoms with Gasteiger partial charge < -0.3 is 8.83 Å². The van der Waals surface area contributed by atoms with Crippen LogP contribution in [0.5, 0.6) is 0 Å². The molecule has 0 N–H and O–H groups in total. The van der Waals surface area contributed by atoms with Crippen molar-refractivity contribution in [3.63, 3.8) is 0 Å². The molecule has 0 atom stereocenters. The van der Waals surface area contributed by atoms with Crippen LogP contribution in [0.2, 0.25) is 0 Å². The maximum absolute atomic E-state index is 12.5. The van der Waals surface area contributed by atoms with Gasteiger partial charge in [0, 0.05) is 11.1 Å². The second kappa shape index (κ2) is 7.38. The van der Waals surface area contributed by atoms with Crippen LogP contribution in [0.25, 0.3) is 22.9 Å². The van der Waals surface area contributed by atoms with Gasteiger partial charge in [0.15, 0.2) is 0 Å². The minimum Gasteiger partial charge on any atom is -0.370 e. The molecule has 0 amide bonds. The average Bonchev–Trinajstić information content (AvgIpc) is 3.25. The Morgan fingerprint density at radius 1 is 0.615 bits per heavy atom. The van der Waals surface area contributed by atoms with Gasteiger partial charge in [0.05, 0.1) is 0 Å². The van der Waals surface area contributed by atoms with E-state index in [0.717, 1.165) is 0 Å². The van der Waals surface area contributed by atoms with Gasteiger partial charge in [0.1, 0.15) is 11.6 Å². The Bertz CT molecular complexity index is 1000. The van der Waals surface area contributed by atoms with Crippen LogP contribution in [-0.2, 0) is 0 Å². The first kappa shape index (κ1) is 17.0. The van der Waals surface area contributed by atoms with Gasteiger partial charge in [-0.1, -0.05) is 0 Å². The first-order valence-electron chi connectivity index (χ1n) is 6.97. The van der Waals surface area contributed by atoms with Crippen LogP contribution in [0.3, 0.4) is 0 Å². The molecular formula is C16H8F2N2O6. The first-order valence-corrected chi connectivity index (χ1v) is 6.97. The van der Waals surface area contributed by atoms with Crippen molar-refractivity contribution in [2.75, 3.05) is 0 Å². The van der Waals surface area contributed by atoms with Crippen LogP contribution in [0.15, 0.2) is 76.0 Å². The monoisotopic (exact) mass is 362 g/mol. The van der Waals surface area contributed by atoms with Gasteiger partial charge in [-0.05, 0) is 58.8 Å². The number of halogens is 2. The SMILES string of the molecule is O=c1onc(-c2ccc(F)cc2)o1.O=c1onc(-c2ccc(F)cc2)o1. The summed E-state index contributed by atoms with van der Waals surface area (Å²) >= 11 is 0. The number of rotatable bonds is 2. The molecule has 4 aromatic rings. The minimum absolute atomic E-state index is 0.0463. The second-order valence-electron chi connectivity index (χ2n) is 4.69. The summed E-state index contributed by atoms with van der Waals surface area (Å²) in [7, 11) is 0. The van der Waals surface area contributed by atoms with E-state index in [1.807, 2.05) is 0 Å². The van der Waals surface area contributed by atoms with E-state index in [1.165, 1.54) is 48.5 Å². The van der Waals surface area contributed by atoms with E-state index < -0.39 is 11.6 Å². The van der Waals surface area contributed by atoms with E-state index in [1.54, 1.807) is 0 Å². The Morgan fingerprint density at radius 3 is 1.23 bits per heavy atom. The maximum atomic E-state index is 12.5. The third kappa shape index (κ3) is 4.17. The fourth-order valence-electron chi connectivity index (χ4n) is 1.80. The molecule has 0 fully saturated rings. The Hall–Kier alpha value is -3.82. The number of benzene rings is 2. The summed E-state index contributed by atoms with van der Waals surface area (Å²) in [5.74, 6) is -2.39. The molecule has 0 aliphatic rings. The number of hydrogen-bond acceptors (Lipinski definition) is 8. The third-order valence-corrected chi connectivity index (χ3v) is 2.95. The van der Waals surface area contributed by atoms with Crippen LogP contribution in [0.1, 0.15) is 0 Å². The second-order valence-corrected chi connectivity index (χ2v) is 4.69. The van der Waals surface area contributed by atoms with E-state index >= 15 is 0 Å². The first-order chi connectivity index (χ1) is 12.5. The highest BCUT2D eigenvalue weighted by molar-refractivity contribution is 5.52. The molecule has 132 valence electrons. The topological polar surface area (TPSA) is 112 Å². The lowest BCUT2D eigenvalue weighted by molar-refractivity contribution is 0.335. The lowest BCUT2D eigenvalue weighted by Gasteiger charge is -1.90. The molecule has 0 spiro atoms. The highest BCUT2D eigenvalue weighted by atomic mass is 19.1. The lowest BCUT2D eigenvalue weighted by Crippen LogP contribution is -1.85. The molecule has 0 saturated carbocycles. The van der Waals surface area contributed by atoms with Crippen LogP contribution in [0, 0.1) is 11.6 Å². The summed E-state index contributed by atoms with van der Waals surface area (Å²) in [6.45, 7) is 0. The van der Waals surface area contributed by atoms with Crippen LogP contribution < -0.4 is 11.6 Å². The quantitative estimate of drug-likeness (QED) is 0.535. The van der Waals surface area contributed by atoms with Crippen molar-refractivity contribution in [2.45, 2.75) is 0 Å². The van der Waals surface area contributed by atoms with Crippen molar-refractivity contribution >= 4 is 0 Å². The predicted octanol–water partition coefficient (Wildman–Crippen LogP) is 2.87. The molecule has 2 aromatic carbocycles. The summed E-state index contributed by atoms with van der Waals surface area (Å²) in [5.41, 5.74) is 0.986. The highest BCUT2D eigenvalue weighted by Gasteiger charge is 2.06. The van der Waals surface area contributed by atoms with Crippen LogP contribution in [0.4, 0.5) is 8.78 Å². The number of nitrogens with zero attached hydrogens (tertiary/aromatic N) is 2. The van der Waals surface area contributed by atoms with Crippen LogP contribution in [-0.4, -0.2) is 10.3 Å². The molecule has 2 aromatic heterocycles. The van der Waals surface area contributed by atoms with E-state index in [9.17, 15) is 18.4 Å². The maximum Gasteiger partial charge on any atom is 0.542 e. The van der Waals surface area contributed by atoms with Crippen molar-refractivity contribution in [2.24, 2.45) is 0 Å². The summed E-state index contributed by atoms with van der Waals surface area (Å²) < 4.78 is 42.4. The fraction of sp³-hybridized carbons (Fsp3) is 0. The van der Waals surface area contributed by atoms with Crippen molar-refractivity contribution in [3.05, 3.63) is 81.4 Å². The molecule has 8 nitrogen and oxygen atoms in total. The van der Waals surface area contributed by atoms with E-state index in [4.69, 9.17) is 0 Å². The molecule has 26 heavy (non-hydrogen) atoms. The Balaban J connectivity index is 0.000000151. The van der Waals surface area contributed by atoms with Crippen LogP contribution >= 0.6 is 0 Å². The number of aromatic nitrogens is 2. The summed E-state index contributed by atoms with van der Waals surface area (Å²) in [6.07, 6.45) is 0. The lowest BCUT2D eigenvalue weighted by atomic mass is 10.2. The molecule has 0 unspecified atom stereocenters. The number of hydrogen-bond donors (Lipinski definition) is 0. The van der Waals surface area contributed by atoms with Crippen molar-refractivity contribution < 1.29 is 26.7 Å². The summed E-state index contributed by atoms with van der Waals surface area (Å²) in [6, 6.07) is 10.7. The summed E-state index contributed by atoms with van der Waals surface area (Å²) in [4.78, 5) is 20.9. The predicted molar refractivity (Wildman–Crippen MR) is 80.9 cm³/mol. The zero-order valence-corrected chi connectivity index (χ0v) is 12.7. The van der Waals surface area contributed by atoms with Gasteiger partial charge in [-0.15, -0.1) is 0 Å². The Labute approximate surface area is 142 Å². The third-order valence-electron chi connectivity index (χ3n) is 2.95. The average molecular weight is 362 g/mol. The van der Waals surface area contributed by atoms with E-state index in [2.05, 4.69) is 28.2 Å². The smallest absolute Gasteiger partial charge is 0.370 e. The van der Waals surface area contributed by atoms with Gasteiger partial charge in [0.2, 0.25) is 0 Å². The molecule has 0 saturated heterocycles. The zero-order valence-electron chi connectivity index (χ0n) is 12.7. The molecule has 0 bridgehead atoms. The van der Waals surface area contributed by atoms with E-state index in [0.29, 0.717) is 11.1 Å². The Morgan fingerprint density at radius 2 is 0.962 bits per heavy atom. The fourth-order valence-corrected chi connectivity index (χ4v) is 1.80. The van der Waals surface area contributed by atoms with Gasteiger partial charge in [-0.3, -0.25) is 9.05 Å². The van der Waals surface area contributed by atoms with Gasteiger partial charge >= 0.3 is 11.6 Å². The van der Waals surface area contributed by atoms with Crippen molar-refractivity contribution in [1.29, 1.82) is 0 Å². The Kier molecular flexibility index (Phi) is 4.83. The van der Waals surface area contributed by atoms with Crippen molar-refractivity contribution in [3.8, 4) is 22.9 Å². The normalized spacial score (nSPS) is 10.2. The van der Waals surface area contributed by atoms with Crippen molar-refractivity contribution in [1.82, 2.24) is 10.3 Å². The van der Waals surface area contributed by atoms with Gasteiger partial charge in [-0.25, -0.2) is 18.4 Å². The molecule has 0 radical (unpaired) electrons. The minimum atomic E-state index is -0.876. The molecule has 0 aliphatic carbocycles. The van der Waals surface area contributed by atoms with Gasteiger partial charge in [0.25, 0.3) is 11.8 Å². The molecule has 0 aliphatic heterocycles. The standard InChI is InChI=1S/2C8H4FNO3/c2*9-6-3-1-5(2-4-6)7-10-13-8(11)12-7/h2*1-4H. The molecule has 10 heteroatoms. The largest absolute Gasteiger partial charge is 0.542 e. The highest BCUT2D eigenvalue weighted by Crippen LogP contribution is 2.15. The molecule has 2 heterocycles. The van der Waals surface area contributed by atoms with E-state index in [-0.39, 0.29) is 23.4 Å². The molecule has 4 rings (SSSR count). The molecular weight excluding hydrogens is 354 g/mol.